The van der Waals surface area contributed by atoms with Crippen LogP contribution in [0.4, 0.5) is 0 Å². The maximum Gasteiger partial charge on any atom is 0.225 e. The Kier molecular flexibility index (Phi) is 10.5. The Balaban J connectivity index is 0.000000392. The van der Waals surface area contributed by atoms with Gasteiger partial charge in [-0.25, -0.2) is 0 Å². The van der Waals surface area contributed by atoms with Crippen LogP contribution >= 0.6 is 9.24 Å². The summed E-state index contributed by atoms with van der Waals surface area (Å²) in [5, 5.41) is 10.1. The Morgan fingerprint density at radius 2 is 1.61 bits per heavy atom. The first-order chi connectivity index (χ1) is 10.8. The first-order valence-electron chi connectivity index (χ1n) is 7.97. The average Bonchev–Trinajstić information content (AvgIpc) is 2.49. The lowest BCUT2D eigenvalue weighted by atomic mass is 10.1. The van der Waals surface area contributed by atoms with Gasteiger partial charge < -0.3 is 4.90 Å². The van der Waals surface area contributed by atoms with Gasteiger partial charge in [-0.1, -0.05) is 32.0 Å². The summed E-state index contributed by atoms with van der Waals surface area (Å²) in [5.41, 5.74) is 5.07. The van der Waals surface area contributed by atoms with Crippen LogP contribution in [-0.2, 0) is 6.54 Å². The van der Waals surface area contributed by atoms with E-state index in [4.69, 9.17) is 5.21 Å². The average molecular weight is 335 g/mol. The molecule has 0 saturated heterocycles. The normalized spacial score (nSPS) is 9.61. The summed E-state index contributed by atoms with van der Waals surface area (Å²) in [4.78, 5) is 2.19. The molecule has 0 amide bonds. The molecular formula is C19H32N2OP+. The second-order valence-corrected chi connectivity index (χ2v) is 6.28. The van der Waals surface area contributed by atoms with Crippen molar-refractivity contribution >= 4 is 14.5 Å². The highest BCUT2D eigenvalue weighted by Crippen LogP contribution is 2.08. The van der Waals surface area contributed by atoms with Gasteiger partial charge in [-0.3, -0.25) is 5.21 Å². The lowest BCUT2D eigenvalue weighted by Crippen LogP contribution is -2.28. The van der Waals surface area contributed by atoms with Crippen molar-refractivity contribution in [3.63, 3.8) is 0 Å². The molecule has 1 heterocycles. The van der Waals surface area contributed by atoms with Crippen molar-refractivity contribution in [3.05, 3.63) is 58.9 Å². The van der Waals surface area contributed by atoms with Crippen LogP contribution in [0.25, 0.3) is 0 Å². The fourth-order valence-electron chi connectivity index (χ4n) is 1.87. The number of aryl methyl sites for hydroxylation is 3. The number of hydrogen-bond acceptors (Lipinski definition) is 2. The van der Waals surface area contributed by atoms with Gasteiger partial charge in [0, 0.05) is 22.9 Å². The van der Waals surface area contributed by atoms with Crippen molar-refractivity contribution in [1.82, 2.24) is 4.90 Å². The molecule has 0 radical (unpaired) electrons. The van der Waals surface area contributed by atoms with Crippen LogP contribution in [-0.4, -0.2) is 24.2 Å². The van der Waals surface area contributed by atoms with Gasteiger partial charge in [-0.2, -0.15) is 0 Å². The van der Waals surface area contributed by atoms with E-state index in [1.807, 2.05) is 33.8 Å². The number of benzene rings is 1. The third-order valence-corrected chi connectivity index (χ3v) is 3.64. The van der Waals surface area contributed by atoms with Gasteiger partial charge >= 0.3 is 0 Å². The largest absolute Gasteiger partial charge is 0.305 e. The predicted octanol–water partition coefficient (Wildman–Crippen LogP) is 3.41. The molecule has 23 heavy (non-hydrogen) atoms. The van der Waals surface area contributed by atoms with Crippen molar-refractivity contribution in [3.8, 4) is 0 Å². The third-order valence-electron chi connectivity index (χ3n) is 3.28. The molecule has 3 nitrogen and oxygen atoms in total. The summed E-state index contributed by atoms with van der Waals surface area (Å²) < 4.78 is 1.06. The van der Waals surface area contributed by atoms with Crippen LogP contribution in [0.5, 0.6) is 0 Å². The molecule has 1 atom stereocenters. The van der Waals surface area contributed by atoms with E-state index < -0.39 is 0 Å². The first-order valence-corrected chi connectivity index (χ1v) is 8.55. The van der Waals surface area contributed by atoms with E-state index >= 15 is 0 Å². The van der Waals surface area contributed by atoms with Crippen molar-refractivity contribution in [2.75, 3.05) is 14.1 Å². The molecule has 2 rings (SSSR count). The number of aromatic nitrogens is 1. The summed E-state index contributed by atoms with van der Waals surface area (Å²) >= 11 is 0. The van der Waals surface area contributed by atoms with Gasteiger partial charge in [0.1, 0.15) is 0 Å². The van der Waals surface area contributed by atoms with E-state index in [1.165, 1.54) is 22.0 Å². The van der Waals surface area contributed by atoms with Gasteiger partial charge in [0.05, 0.1) is 0 Å². The Labute approximate surface area is 144 Å². The van der Waals surface area contributed by atoms with Gasteiger partial charge in [-0.15, -0.1) is 9.24 Å². The molecule has 0 fully saturated rings. The second kappa shape index (κ2) is 11.2. The van der Waals surface area contributed by atoms with Crippen LogP contribution in [0.2, 0.25) is 0 Å². The molecule has 1 aromatic carbocycles. The standard InChI is InChI=1S/C10H16NP.C7H10NO.C2H6/c1-8-4-5-10(12)6-9(8)7-11(2)3;1-6-3-4-8(9)5-7(6)2;1-2/h4-6H,7,12H2,1-3H3;3-5,9H,1-2H3;1-2H3/q;+1;. The van der Waals surface area contributed by atoms with Crippen LogP contribution < -0.4 is 10.0 Å². The fourth-order valence-corrected chi connectivity index (χ4v) is 2.16. The smallest absolute Gasteiger partial charge is 0.225 e. The number of pyridine rings is 1. The minimum atomic E-state index is 1.02. The second-order valence-electron chi connectivity index (χ2n) is 5.61. The lowest BCUT2D eigenvalue weighted by molar-refractivity contribution is -0.905. The molecule has 1 N–H and O–H groups in total. The molecule has 2 aromatic rings. The van der Waals surface area contributed by atoms with E-state index in [2.05, 4.69) is 53.4 Å². The number of nitrogens with zero attached hydrogens (tertiary/aromatic N) is 2. The number of hydrogen-bond donors (Lipinski definition) is 1. The highest BCUT2D eigenvalue weighted by molar-refractivity contribution is 7.27. The fraction of sp³-hybridized carbons (Fsp3) is 0.421. The quantitative estimate of drug-likeness (QED) is 0.517. The predicted molar refractivity (Wildman–Crippen MR) is 103 cm³/mol. The minimum Gasteiger partial charge on any atom is -0.305 e. The minimum absolute atomic E-state index is 1.02. The summed E-state index contributed by atoms with van der Waals surface area (Å²) in [6.07, 6.45) is 3.29. The molecule has 4 heteroatoms. The molecule has 0 spiro atoms. The molecule has 1 aromatic heterocycles. The summed E-state index contributed by atoms with van der Waals surface area (Å²) in [7, 11) is 6.91. The van der Waals surface area contributed by atoms with Gasteiger partial charge in [0.15, 0.2) is 0 Å². The zero-order chi connectivity index (χ0) is 18.0. The summed E-state index contributed by atoms with van der Waals surface area (Å²) in [6.45, 7) is 11.1. The van der Waals surface area contributed by atoms with Crippen LogP contribution in [0, 0.1) is 20.8 Å². The molecule has 0 saturated carbocycles. The molecule has 128 valence electrons. The molecule has 1 unspecified atom stereocenters. The van der Waals surface area contributed by atoms with Crippen molar-refractivity contribution < 1.29 is 9.94 Å². The molecule has 0 aliphatic heterocycles. The third kappa shape index (κ3) is 8.68. The Morgan fingerprint density at radius 3 is 2.09 bits per heavy atom. The lowest BCUT2D eigenvalue weighted by Gasteiger charge is -2.12. The summed E-state index contributed by atoms with van der Waals surface area (Å²) in [6, 6.07) is 8.38. The van der Waals surface area contributed by atoms with E-state index in [1.54, 1.807) is 12.4 Å². The highest BCUT2D eigenvalue weighted by Gasteiger charge is 1.99. The monoisotopic (exact) mass is 335 g/mol. The van der Waals surface area contributed by atoms with Crippen LogP contribution in [0.3, 0.4) is 0 Å². The topological polar surface area (TPSA) is 27.4 Å². The zero-order valence-electron chi connectivity index (χ0n) is 15.6. The maximum atomic E-state index is 8.85. The van der Waals surface area contributed by atoms with E-state index in [-0.39, 0.29) is 0 Å². The van der Waals surface area contributed by atoms with Gasteiger partial charge in [-0.05, 0) is 56.9 Å². The first kappa shape index (κ1) is 21.6. The van der Waals surface area contributed by atoms with Crippen molar-refractivity contribution in [2.24, 2.45) is 0 Å². The molecular weight excluding hydrogens is 303 g/mol. The van der Waals surface area contributed by atoms with E-state index in [0.717, 1.165) is 16.8 Å². The van der Waals surface area contributed by atoms with Crippen LogP contribution in [0.15, 0.2) is 36.7 Å². The highest BCUT2D eigenvalue weighted by atomic mass is 31.0. The maximum absolute atomic E-state index is 8.85. The van der Waals surface area contributed by atoms with Gasteiger partial charge in [0.2, 0.25) is 12.4 Å². The summed E-state index contributed by atoms with van der Waals surface area (Å²) in [5.74, 6) is 0. The SMILES string of the molecule is CC.Cc1cc[n+](O)cc1C.Cc1ccc(P)cc1CN(C)C. The van der Waals surface area contributed by atoms with Gasteiger partial charge in [0.25, 0.3) is 0 Å². The van der Waals surface area contributed by atoms with Crippen molar-refractivity contribution in [1.29, 1.82) is 0 Å². The molecule has 0 aliphatic rings. The van der Waals surface area contributed by atoms with Crippen LogP contribution in [0.1, 0.15) is 36.1 Å². The molecule has 0 bridgehead atoms. The number of rotatable bonds is 2. The zero-order valence-corrected chi connectivity index (χ0v) is 16.7. The van der Waals surface area contributed by atoms with E-state index in [0.29, 0.717) is 0 Å². The molecule has 0 aliphatic carbocycles. The Hall–Kier alpha value is -1.44. The Morgan fingerprint density at radius 1 is 1.00 bits per heavy atom. The van der Waals surface area contributed by atoms with E-state index in [9.17, 15) is 0 Å². The Bertz CT molecular complexity index is 598. The van der Waals surface area contributed by atoms with Crippen molar-refractivity contribution in [2.45, 2.75) is 41.2 Å².